The number of halogens is 3. The third-order valence-corrected chi connectivity index (χ3v) is 4.14. The van der Waals surface area contributed by atoms with Gasteiger partial charge in [0.05, 0.1) is 6.10 Å². The van der Waals surface area contributed by atoms with Crippen LogP contribution in [0.25, 0.3) is 0 Å². The predicted molar refractivity (Wildman–Crippen MR) is 86.8 cm³/mol. The molecule has 1 atom stereocenters. The van der Waals surface area contributed by atoms with Gasteiger partial charge in [0, 0.05) is 24.2 Å². The van der Waals surface area contributed by atoms with Crippen LogP contribution in [0.4, 0.5) is 13.2 Å². The van der Waals surface area contributed by atoms with Crippen molar-refractivity contribution in [3.8, 4) is 5.75 Å². The summed E-state index contributed by atoms with van der Waals surface area (Å²) < 4.78 is 48.0. The molecule has 0 aromatic carbocycles. The monoisotopic (exact) mass is 373 g/mol. The highest BCUT2D eigenvalue weighted by Crippen LogP contribution is 2.44. The van der Waals surface area contributed by atoms with E-state index in [-0.39, 0.29) is 23.5 Å². The van der Waals surface area contributed by atoms with Crippen LogP contribution in [-0.4, -0.2) is 42.6 Å². The summed E-state index contributed by atoms with van der Waals surface area (Å²) in [6, 6.07) is 1.27. The molecule has 1 heterocycles. The van der Waals surface area contributed by atoms with E-state index >= 15 is 0 Å². The van der Waals surface area contributed by atoms with Gasteiger partial charge in [-0.15, -0.1) is 0 Å². The highest BCUT2D eigenvalue weighted by molar-refractivity contribution is 5.92. The summed E-state index contributed by atoms with van der Waals surface area (Å²) in [5, 5.41) is 2.69. The number of hydrogen-bond acceptors (Lipinski definition) is 5. The number of rotatable bonds is 9. The van der Waals surface area contributed by atoms with Gasteiger partial charge in [-0.05, 0) is 38.1 Å². The van der Waals surface area contributed by atoms with Crippen molar-refractivity contribution in [1.29, 1.82) is 0 Å². The Morgan fingerprint density at radius 1 is 1.35 bits per heavy atom. The lowest BCUT2D eigenvalue weighted by Crippen LogP contribution is -2.39. The first-order valence-electron chi connectivity index (χ1n) is 8.71. The summed E-state index contributed by atoms with van der Waals surface area (Å²) in [7, 11) is 0. The Bertz CT molecular complexity index is 646. The molecule has 6 nitrogen and oxygen atoms in total. The molecule has 2 saturated carbocycles. The molecule has 1 aromatic rings. The molecule has 0 aliphatic heterocycles. The second-order valence-corrected chi connectivity index (χ2v) is 6.66. The van der Waals surface area contributed by atoms with Crippen LogP contribution in [-0.2, 0) is 4.74 Å². The topological polar surface area (TPSA) is 86.5 Å². The third kappa shape index (κ3) is 5.57. The lowest BCUT2D eigenvalue weighted by atomic mass is 10.1. The van der Waals surface area contributed by atoms with Crippen LogP contribution in [0.3, 0.4) is 0 Å². The summed E-state index contributed by atoms with van der Waals surface area (Å²) in [4.78, 5) is 16.5. The van der Waals surface area contributed by atoms with Gasteiger partial charge < -0.3 is 20.5 Å². The number of nitrogens with zero attached hydrogens (tertiary/aromatic N) is 1. The van der Waals surface area contributed by atoms with E-state index in [1.807, 2.05) is 0 Å². The number of carbonyl (C=O) groups is 1. The molecule has 2 aliphatic rings. The molecular weight excluding hydrogens is 351 g/mol. The minimum atomic E-state index is -4.45. The minimum absolute atomic E-state index is 0.00649. The molecule has 2 fully saturated rings. The number of amides is 1. The minimum Gasteiger partial charge on any atom is -0.484 e. The largest absolute Gasteiger partial charge is 0.484 e. The number of pyridine rings is 1. The van der Waals surface area contributed by atoms with Crippen LogP contribution in [0.15, 0.2) is 12.3 Å². The number of ether oxygens (including phenoxy) is 2. The smallest absolute Gasteiger partial charge is 0.422 e. The van der Waals surface area contributed by atoms with Crippen LogP contribution in [0.1, 0.15) is 54.1 Å². The van der Waals surface area contributed by atoms with E-state index in [9.17, 15) is 18.0 Å². The first-order valence-corrected chi connectivity index (χ1v) is 8.71. The average molecular weight is 373 g/mol. The van der Waals surface area contributed by atoms with Gasteiger partial charge in [-0.3, -0.25) is 9.78 Å². The molecule has 1 amide bonds. The molecule has 0 bridgehead atoms. The van der Waals surface area contributed by atoms with Crippen molar-refractivity contribution < 1.29 is 27.4 Å². The summed E-state index contributed by atoms with van der Waals surface area (Å²) in [6.45, 7) is -1.07. The van der Waals surface area contributed by atoms with Crippen molar-refractivity contribution >= 4 is 5.91 Å². The molecule has 0 saturated heterocycles. The highest BCUT2D eigenvalue weighted by Gasteiger charge is 2.32. The number of alkyl halides is 3. The number of hydrogen-bond donors (Lipinski definition) is 2. The number of nitrogens with one attached hydrogen (secondary N) is 1. The zero-order valence-corrected chi connectivity index (χ0v) is 14.2. The van der Waals surface area contributed by atoms with Gasteiger partial charge in [-0.2, -0.15) is 13.2 Å². The molecule has 144 valence electrons. The van der Waals surface area contributed by atoms with Crippen LogP contribution in [0.5, 0.6) is 5.75 Å². The van der Waals surface area contributed by atoms with Crippen molar-refractivity contribution in [1.82, 2.24) is 10.3 Å². The molecule has 0 radical (unpaired) electrons. The highest BCUT2D eigenvalue weighted by atomic mass is 19.4. The Balaban J connectivity index is 1.70. The van der Waals surface area contributed by atoms with Crippen LogP contribution in [0.2, 0.25) is 0 Å². The predicted octanol–water partition coefficient (Wildman–Crippen LogP) is 2.48. The summed E-state index contributed by atoms with van der Waals surface area (Å²) in [5.41, 5.74) is 6.13. The van der Waals surface area contributed by atoms with Crippen molar-refractivity contribution in [3.05, 3.63) is 23.5 Å². The molecule has 2 aliphatic carbocycles. The van der Waals surface area contributed by atoms with E-state index < -0.39 is 24.9 Å². The van der Waals surface area contributed by atoms with E-state index in [0.29, 0.717) is 18.5 Å². The lowest BCUT2D eigenvalue weighted by Gasteiger charge is -2.19. The lowest BCUT2D eigenvalue weighted by molar-refractivity contribution is -0.153. The van der Waals surface area contributed by atoms with Gasteiger partial charge in [0.15, 0.2) is 6.61 Å². The van der Waals surface area contributed by atoms with E-state index in [2.05, 4.69) is 10.3 Å². The molecule has 1 unspecified atom stereocenters. The first kappa shape index (κ1) is 18.9. The van der Waals surface area contributed by atoms with Gasteiger partial charge in [0.2, 0.25) is 0 Å². The Morgan fingerprint density at radius 3 is 2.65 bits per heavy atom. The normalized spacial score (nSPS) is 18.5. The molecule has 3 N–H and O–H groups in total. The maximum absolute atomic E-state index is 12.5. The first-order chi connectivity index (χ1) is 12.4. The van der Waals surface area contributed by atoms with Crippen molar-refractivity contribution in [2.45, 2.75) is 56.5 Å². The molecule has 0 spiro atoms. The third-order valence-electron chi connectivity index (χ3n) is 4.14. The summed E-state index contributed by atoms with van der Waals surface area (Å²) in [6.07, 6.45) is 0.662. The second-order valence-electron chi connectivity index (χ2n) is 6.66. The van der Waals surface area contributed by atoms with E-state index in [0.717, 1.165) is 25.7 Å². The number of aromatic nitrogens is 1. The summed E-state index contributed by atoms with van der Waals surface area (Å²) in [5.74, 6) is -0.321. The fraction of sp³-hybridized carbons (Fsp3) is 0.647. The number of nitrogens with two attached hydrogens (primary N) is 1. The maximum Gasteiger partial charge on any atom is 0.422 e. The molecular formula is C17H22F3N3O3. The molecule has 26 heavy (non-hydrogen) atoms. The van der Waals surface area contributed by atoms with Crippen molar-refractivity contribution in [2.24, 2.45) is 5.73 Å². The van der Waals surface area contributed by atoms with Crippen molar-refractivity contribution in [2.75, 3.05) is 13.2 Å². The molecule has 9 heteroatoms. The Kier molecular flexibility index (Phi) is 5.67. The van der Waals surface area contributed by atoms with Gasteiger partial charge in [0.25, 0.3) is 5.91 Å². The van der Waals surface area contributed by atoms with Gasteiger partial charge >= 0.3 is 6.18 Å². The molecule has 3 rings (SSSR count). The van der Waals surface area contributed by atoms with E-state index in [4.69, 9.17) is 15.2 Å². The standard InChI is InChI=1S/C17H22F3N3O3/c18-17(19,20)9-25-14-7-13(22-8-12(14)10-1-2-10)16(24)23-15(5-6-21)26-11-3-4-11/h7-8,10-11,15H,1-6,9,21H2,(H,23,24). The van der Waals surface area contributed by atoms with Gasteiger partial charge in [0.1, 0.15) is 17.7 Å². The zero-order chi connectivity index (χ0) is 18.7. The van der Waals surface area contributed by atoms with Gasteiger partial charge in [-0.25, -0.2) is 0 Å². The van der Waals surface area contributed by atoms with E-state index in [1.54, 1.807) is 0 Å². The quantitative estimate of drug-likeness (QED) is 0.650. The maximum atomic E-state index is 12.5. The van der Waals surface area contributed by atoms with Crippen LogP contribution in [0, 0.1) is 0 Å². The van der Waals surface area contributed by atoms with Gasteiger partial charge in [-0.1, -0.05) is 0 Å². The average Bonchev–Trinajstić information content (AvgIpc) is 3.46. The Labute approximate surface area is 149 Å². The second kappa shape index (κ2) is 7.79. The zero-order valence-electron chi connectivity index (χ0n) is 14.2. The Hall–Kier alpha value is -1.87. The van der Waals surface area contributed by atoms with E-state index in [1.165, 1.54) is 12.3 Å². The fourth-order valence-electron chi connectivity index (χ4n) is 2.54. The SMILES string of the molecule is NCCC(NC(=O)c1cc(OCC(F)(F)F)c(C2CC2)cn1)OC1CC1. The fourth-order valence-corrected chi connectivity index (χ4v) is 2.54. The van der Waals surface area contributed by atoms with Crippen LogP contribution >= 0.6 is 0 Å². The molecule has 1 aromatic heterocycles. The van der Waals surface area contributed by atoms with Crippen LogP contribution < -0.4 is 15.8 Å². The Morgan fingerprint density at radius 2 is 2.08 bits per heavy atom. The number of carbonyl (C=O) groups excluding carboxylic acids is 1. The van der Waals surface area contributed by atoms with Crippen molar-refractivity contribution in [3.63, 3.8) is 0 Å². The summed E-state index contributed by atoms with van der Waals surface area (Å²) >= 11 is 0.